The van der Waals surface area contributed by atoms with Crippen LogP contribution in [-0.4, -0.2) is 15.8 Å². The van der Waals surface area contributed by atoms with E-state index in [1.54, 1.807) is 34.4 Å². The minimum atomic E-state index is -0.401. The van der Waals surface area contributed by atoms with Crippen molar-refractivity contribution >= 4 is 40.3 Å². The highest BCUT2D eigenvalue weighted by molar-refractivity contribution is 7.08. The molecule has 6 nitrogen and oxygen atoms in total. The Morgan fingerprint density at radius 2 is 1.77 bits per heavy atom. The molecule has 0 bridgehead atoms. The zero-order valence-corrected chi connectivity index (χ0v) is 18.6. The second kappa shape index (κ2) is 9.20. The minimum absolute atomic E-state index is 0.0578. The molecule has 0 N–H and O–H groups in total. The summed E-state index contributed by atoms with van der Waals surface area (Å²) < 4.78 is 1.78. The first-order valence-corrected chi connectivity index (χ1v) is 11.5. The van der Waals surface area contributed by atoms with Gasteiger partial charge in [-0.2, -0.15) is 16.4 Å². The Morgan fingerprint density at radius 1 is 1.03 bits per heavy atom. The highest BCUT2D eigenvalue weighted by atomic mass is 32.1. The predicted octanol–water partition coefficient (Wildman–Crippen LogP) is 6.42. The van der Waals surface area contributed by atoms with Crippen LogP contribution in [0.2, 0.25) is 0 Å². The highest BCUT2D eigenvalue weighted by Gasteiger charge is 2.11. The number of nitro groups is 1. The zero-order chi connectivity index (χ0) is 21.8. The first-order chi connectivity index (χ1) is 15.0. The topological polar surface area (TPSA) is 72.8 Å². The summed E-state index contributed by atoms with van der Waals surface area (Å²) in [5.41, 5.74) is 4.83. The van der Waals surface area contributed by atoms with Crippen molar-refractivity contribution in [2.45, 2.75) is 19.8 Å². The summed E-state index contributed by atoms with van der Waals surface area (Å²) in [7, 11) is 0. The van der Waals surface area contributed by atoms with Crippen molar-refractivity contribution in [1.82, 2.24) is 4.68 Å². The van der Waals surface area contributed by atoms with Crippen molar-refractivity contribution in [2.24, 2.45) is 10.1 Å². The summed E-state index contributed by atoms with van der Waals surface area (Å²) in [6, 6.07) is 16.7. The Hall–Kier alpha value is -3.36. The fourth-order valence-electron chi connectivity index (χ4n) is 2.96. The lowest BCUT2D eigenvalue weighted by molar-refractivity contribution is -0.384. The second-order valence-corrected chi connectivity index (χ2v) is 8.80. The maximum absolute atomic E-state index is 11.0. The van der Waals surface area contributed by atoms with Crippen LogP contribution in [0.1, 0.15) is 30.9 Å². The van der Waals surface area contributed by atoms with Crippen LogP contribution in [0.25, 0.3) is 11.3 Å². The van der Waals surface area contributed by atoms with E-state index >= 15 is 0 Å². The number of aromatic nitrogens is 1. The first-order valence-electron chi connectivity index (χ1n) is 9.68. The smallest absolute Gasteiger partial charge is 0.258 e. The van der Waals surface area contributed by atoms with Crippen molar-refractivity contribution in [2.75, 3.05) is 0 Å². The molecule has 31 heavy (non-hydrogen) atoms. The van der Waals surface area contributed by atoms with Gasteiger partial charge in [0.25, 0.3) is 5.69 Å². The lowest BCUT2D eigenvalue weighted by atomic mass is 10.0. The number of nitro benzene ring substituents is 1. The average molecular weight is 449 g/mol. The van der Waals surface area contributed by atoms with E-state index in [0.29, 0.717) is 5.92 Å². The molecule has 2 aromatic carbocycles. The standard InChI is InChI=1S/C23H20N4O2S2/c1-16(2)18-3-7-20(8-4-18)25-23-26(24-13-17-11-12-30-14-17)22(15-31-23)19-5-9-21(10-6-19)27(28)29/h3-16H,1-2H3. The molecule has 0 saturated heterocycles. The van der Waals surface area contributed by atoms with Crippen molar-refractivity contribution in [3.63, 3.8) is 0 Å². The van der Waals surface area contributed by atoms with Crippen LogP contribution >= 0.6 is 22.7 Å². The normalized spacial score (nSPS) is 12.2. The maximum Gasteiger partial charge on any atom is 0.269 e. The van der Waals surface area contributed by atoms with E-state index in [4.69, 9.17) is 4.99 Å². The van der Waals surface area contributed by atoms with Gasteiger partial charge in [-0.05, 0) is 52.6 Å². The molecule has 4 rings (SSSR count). The van der Waals surface area contributed by atoms with E-state index < -0.39 is 4.92 Å². The molecular weight excluding hydrogens is 428 g/mol. The van der Waals surface area contributed by atoms with Gasteiger partial charge in [-0.15, -0.1) is 11.3 Å². The van der Waals surface area contributed by atoms with Gasteiger partial charge in [-0.1, -0.05) is 26.0 Å². The third-order valence-corrected chi connectivity index (χ3v) is 6.23. The molecule has 0 atom stereocenters. The third kappa shape index (κ3) is 4.87. The SMILES string of the molecule is CC(C)c1ccc(N=c2scc(-c3ccc([N+](=O)[O-])cc3)n2N=Cc2ccsc2)cc1. The van der Waals surface area contributed by atoms with Gasteiger partial charge in [0, 0.05) is 28.6 Å². The number of hydrogen-bond acceptors (Lipinski definition) is 6. The Kier molecular flexibility index (Phi) is 6.20. The van der Waals surface area contributed by atoms with Crippen molar-refractivity contribution in [1.29, 1.82) is 0 Å². The fraction of sp³-hybridized carbons (Fsp3) is 0.130. The molecule has 0 spiro atoms. The third-order valence-electron chi connectivity index (χ3n) is 4.71. The Morgan fingerprint density at radius 3 is 2.39 bits per heavy atom. The van der Waals surface area contributed by atoms with Crippen LogP contribution in [-0.2, 0) is 0 Å². The predicted molar refractivity (Wildman–Crippen MR) is 127 cm³/mol. The number of thiazole rings is 1. The number of non-ortho nitro benzene ring substituents is 1. The molecule has 0 unspecified atom stereocenters. The molecule has 0 saturated carbocycles. The largest absolute Gasteiger partial charge is 0.269 e. The lowest BCUT2D eigenvalue weighted by Gasteiger charge is -2.05. The average Bonchev–Trinajstić information content (AvgIpc) is 3.42. The zero-order valence-electron chi connectivity index (χ0n) is 17.0. The molecular formula is C23H20N4O2S2. The summed E-state index contributed by atoms with van der Waals surface area (Å²) >= 11 is 3.08. The van der Waals surface area contributed by atoms with Crippen LogP contribution in [0.15, 0.2) is 80.8 Å². The quantitative estimate of drug-likeness (QED) is 0.194. The monoisotopic (exact) mass is 448 g/mol. The van der Waals surface area contributed by atoms with Gasteiger partial charge in [-0.25, -0.2) is 9.67 Å². The summed E-state index contributed by atoms with van der Waals surface area (Å²) in [6.07, 6.45) is 1.79. The maximum atomic E-state index is 11.0. The number of hydrogen-bond donors (Lipinski definition) is 0. The molecule has 0 radical (unpaired) electrons. The van der Waals surface area contributed by atoms with E-state index in [2.05, 4.69) is 31.1 Å². The van der Waals surface area contributed by atoms with Crippen LogP contribution in [0, 0.1) is 10.1 Å². The van der Waals surface area contributed by atoms with Crippen molar-refractivity contribution in [3.05, 3.63) is 96.8 Å². The Bertz CT molecular complexity index is 1270. The second-order valence-electron chi connectivity index (χ2n) is 7.18. The van der Waals surface area contributed by atoms with Crippen LogP contribution in [0.3, 0.4) is 0 Å². The van der Waals surface area contributed by atoms with E-state index in [9.17, 15) is 10.1 Å². The van der Waals surface area contributed by atoms with Crippen molar-refractivity contribution in [3.8, 4) is 11.3 Å². The lowest BCUT2D eigenvalue weighted by Crippen LogP contribution is -2.11. The van der Waals surface area contributed by atoms with Gasteiger partial charge in [-0.3, -0.25) is 10.1 Å². The summed E-state index contributed by atoms with van der Waals surface area (Å²) in [4.78, 5) is 16.1. The number of benzene rings is 2. The minimum Gasteiger partial charge on any atom is -0.258 e. The van der Waals surface area contributed by atoms with Gasteiger partial charge < -0.3 is 0 Å². The Balaban J connectivity index is 1.78. The Labute approximate surface area is 187 Å². The summed E-state index contributed by atoms with van der Waals surface area (Å²) in [5.74, 6) is 0.463. The fourth-order valence-corrected chi connectivity index (χ4v) is 4.43. The van der Waals surface area contributed by atoms with Gasteiger partial charge in [0.1, 0.15) is 0 Å². The van der Waals surface area contributed by atoms with Crippen LogP contribution in [0.5, 0.6) is 0 Å². The molecule has 0 fully saturated rings. The van der Waals surface area contributed by atoms with E-state index in [1.807, 2.05) is 34.3 Å². The molecule has 0 amide bonds. The molecule has 2 heterocycles. The molecule has 0 aliphatic heterocycles. The van der Waals surface area contributed by atoms with E-state index in [-0.39, 0.29) is 5.69 Å². The summed E-state index contributed by atoms with van der Waals surface area (Å²) in [6.45, 7) is 4.32. The van der Waals surface area contributed by atoms with E-state index in [1.165, 1.54) is 29.0 Å². The van der Waals surface area contributed by atoms with Crippen LogP contribution < -0.4 is 4.80 Å². The summed E-state index contributed by atoms with van der Waals surface area (Å²) in [5, 5.41) is 21.6. The molecule has 0 aliphatic carbocycles. The van der Waals surface area contributed by atoms with Gasteiger partial charge in [0.05, 0.1) is 22.5 Å². The molecule has 0 aliphatic rings. The first kappa shape index (κ1) is 20.9. The number of rotatable bonds is 6. The van der Waals surface area contributed by atoms with Gasteiger partial charge >= 0.3 is 0 Å². The molecule has 8 heteroatoms. The number of thiophene rings is 1. The van der Waals surface area contributed by atoms with Gasteiger partial charge in [0.15, 0.2) is 0 Å². The van der Waals surface area contributed by atoms with Crippen molar-refractivity contribution < 1.29 is 4.92 Å². The van der Waals surface area contributed by atoms with E-state index in [0.717, 1.165) is 27.3 Å². The number of nitrogens with zero attached hydrogens (tertiary/aromatic N) is 4. The molecule has 4 aromatic rings. The van der Waals surface area contributed by atoms with Gasteiger partial charge in [0.2, 0.25) is 4.80 Å². The van der Waals surface area contributed by atoms with Crippen LogP contribution in [0.4, 0.5) is 11.4 Å². The highest BCUT2D eigenvalue weighted by Crippen LogP contribution is 2.24. The molecule has 156 valence electrons. The molecule has 2 aromatic heterocycles.